The van der Waals surface area contributed by atoms with Gasteiger partial charge in [-0.05, 0) is 37.8 Å². The standard InChI is InChI=1S/C20H21F6N3O3/c21-14-6-10-5-11(8-27-15(10)7-16(14)32-19(22)23)18(31)29-13-3-1-12(2-4-13)28-17(9-30)20(24,25)26/h5-8,12-13,17,19,28,30H,1-4,9H2,(H,29,31)/t12-,13-,17?. The van der Waals surface area contributed by atoms with Crippen LogP contribution in [0, 0.1) is 5.82 Å². The summed E-state index contributed by atoms with van der Waals surface area (Å²) in [5.41, 5.74) is 0.283. The maximum atomic E-state index is 13.9. The summed E-state index contributed by atoms with van der Waals surface area (Å²) < 4.78 is 81.0. The molecule has 1 heterocycles. The van der Waals surface area contributed by atoms with Crippen LogP contribution in [0.1, 0.15) is 36.0 Å². The van der Waals surface area contributed by atoms with E-state index in [2.05, 4.69) is 20.4 Å². The average molecular weight is 465 g/mol. The van der Waals surface area contributed by atoms with Crippen molar-refractivity contribution in [2.45, 2.75) is 56.6 Å². The van der Waals surface area contributed by atoms with Crippen molar-refractivity contribution in [1.82, 2.24) is 15.6 Å². The van der Waals surface area contributed by atoms with Gasteiger partial charge < -0.3 is 20.5 Å². The molecular formula is C20H21F6N3O3. The number of aliphatic hydroxyl groups is 1. The lowest BCUT2D eigenvalue weighted by Gasteiger charge is -2.32. The zero-order chi connectivity index (χ0) is 23.5. The Morgan fingerprint density at radius 2 is 1.81 bits per heavy atom. The molecule has 0 aliphatic heterocycles. The number of fused-ring (bicyclic) bond motifs is 1. The van der Waals surface area contributed by atoms with Crippen LogP contribution < -0.4 is 15.4 Å². The number of alkyl halides is 5. The van der Waals surface area contributed by atoms with Crippen molar-refractivity contribution >= 4 is 16.8 Å². The van der Waals surface area contributed by atoms with Crippen LogP contribution in [0.3, 0.4) is 0 Å². The van der Waals surface area contributed by atoms with E-state index in [1.54, 1.807) is 0 Å². The van der Waals surface area contributed by atoms with Crippen molar-refractivity contribution in [3.05, 3.63) is 35.8 Å². The highest BCUT2D eigenvalue weighted by Crippen LogP contribution is 2.27. The van der Waals surface area contributed by atoms with Gasteiger partial charge in [-0.3, -0.25) is 9.78 Å². The zero-order valence-electron chi connectivity index (χ0n) is 16.6. The lowest BCUT2D eigenvalue weighted by Crippen LogP contribution is -2.51. The lowest BCUT2D eigenvalue weighted by atomic mass is 9.90. The first kappa shape index (κ1) is 24.1. The van der Waals surface area contributed by atoms with Crippen LogP contribution >= 0.6 is 0 Å². The van der Waals surface area contributed by atoms with Crippen LogP contribution in [0.2, 0.25) is 0 Å². The molecule has 0 saturated heterocycles. The van der Waals surface area contributed by atoms with Crippen molar-refractivity contribution < 1.29 is 41.0 Å². The van der Waals surface area contributed by atoms with Crippen LogP contribution in [-0.2, 0) is 0 Å². The topological polar surface area (TPSA) is 83.5 Å². The van der Waals surface area contributed by atoms with Crippen LogP contribution in [0.4, 0.5) is 26.3 Å². The van der Waals surface area contributed by atoms with Crippen molar-refractivity contribution in [1.29, 1.82) is 0 Å². The molecule has 0 bridgehead atoms. The molecule has 1 saturated carbocycles. The number of ether oxygens (including phenoxy) is 1. The summed E-state index contributed by atoms with van der Waals surface area (Å²) in [5, 5.41) is 14.3. The molecule has 1 amide bonds. The number of amides is 1. The number of aromatic nitrogens is 1. The van der Waals surface area contributed by atoms with E-state index in [9.17, 15) is 31.1 Å². The van der Waals surface area contributed by atoms with Crippen molar-refractivity contribution in [3.8, 4) is 5.75 Å². The molecule has 12 heteroatoms. The molecule has 0 radical (unpaired) electrons. The number of halogens is 6. The minimum atomic E-state index is -4.55. The van der Waals surface area contributed by atoms with Gasteiger partial charge in [0.1, 0.15) is 6.04 Å². The van der Waals surface area contributed by atoms with Crippen molar-refractivity contribution in [3.63, 3.8) is 0 Å². The predicted octanol–water partition coefficient (Wildman–Crippen LogP) is 3.53. The molecule has 3 N–H and O–H groups in total. The number of rotatable bonds is 7. The van der Waals surface area contributed by atoms with E-state index < -0.39 is 49.0 Å². The van der Waals surface area contributed by atoms with E-state index in [1.807, 2.05) is 0 Å². The molecule has 1 fully saturated rings. The van der Waals surface area contributed by atoms with Gasteiger partial charge in [-0.15, -0.1) is 0 Å². The molecule has 1 unspecified atom stereocenters. The summed E-state index contributed by atoms with van der Waals surface area (Å²) in [6, 6.07) is 0.605. The molecule has 0 spiro atoms. The van der Waals surface area contributed by atoms with Crippen LogP contribution in [-0.4, -0.2) is 53.5 Å². The molecule has 6 nitrogen and oxygen atoms in total. The fraction of sp³-hybridized carbons (Fsp3) is 0.500. The number of hydrogen-bond donors (Lipinski definition) is 3. The maximum Gasteiger partial charge on any atom is 0.406 e. The first-order chi connectivity index (χ1) is 15.1. The molecule has 176 valence electrons. The predicted molar refractivity (Wildman–Crippen MR) is 102 cm³/mol. The Morgan fingerprint density at radius 1 is 1.16 bits per heavy atom. The second kappa shape index (κ2) is 9.90. The largest absolute Gasteiger partial charge is 0.432 e. The van der Waals surface area contributed by atoms with Gasteiger partial charge in [0.25, 0.3) is 5.91 Å². The summed E-state index contributed by atoms with van der Waals surface area (Å²) in [6.45, 7) is -4.24. The van der Waals surface area contributed by atoms with Gasteiger partial charge in [0.15, 0.2) is 11.6 Å². The molecule has 1 aromatic heterocycles. The summed E-state index contributed by atoms with van der Waals surface area (Å²) in [6.07, 6.45) is -1.71. The highest BCUT2D eigenvalue weighted by atomic mass is 19.4. The monoisotopic (exact) mass is 465 g/mol. The van der Waals surface area contributed by atoms with E-state index in [1.165, 1.54) is 12.3 Å². The number of nitrogens with one attached hydrogen (secondary N) is 2. The Morgan fingerprint density at radius 3 is 2.41 bits per heavy atom. The quantitative estimate of drug-likeness (QED) is 0.545. The summed E-state index contributed by atoms with van der Waals surface area (Å²) in [5.74, 6) is -2.17. The molecule has 2 aromatic rings. The van der Waals surface area contributed by atoms with Crippen molar-refractivity contribution in [2.24, 2.45) is 0 Å². The molecule has 1 aliphatic carbocycles. The van der Waals surface area contributed by atoms with E-state index in [0.717, 1.165) is 12.1 Å². The second-order valence-electron chi connectivity index (χ2n) is 7.54. The third kappa shape index (κ3) is 6.00. The van der Waals surface area contributed by atoms with E-state index in [4.69, 9.17) is 5.11 Å². The SMILES string of the molecule is O=C(N[C@H]1CC[C@H](NC(CO)C(F)(F)F)CC1)c1cnc2cc(OC(F)F)c(F)cc2c1. The third-order valence-electron chi connectivity index (χ3n) is 5.29. The van der Waals surface area contributed by atoms with Crippen LogP contribution in [0.15, 0.2) is 24.4 Å². The van der Waals surface area contributed by atoms with Gasteiger partial charge in [-0.1, -0.05) is 0 Å². The highest BCUT2D eigenvalue weighted by Gasteiger charge is 2.40. The number of aliphatic hydroxyl groups excluding tert-OH is 1. The molecular weight excluding hydrogens is 444 g/mol. The van der Waals surface area contributed by atoms with Gasteiger partial charge in [-0.25, -0.2) is 4.39 Å². The fourth-order valence-electron chi connectivity index (χ4n) is 3.65. The number of pyridine rings is 1. The summed E-state index contributed by atoms with van der Waals surface area (Å²) >= 11 is 0. The van der Waals surface area contributed by atoms with Crippen LogP contribution in [0.5, 0.6) is 5.75 Å². The number of nitrogens with zero attached hydrogens (tertiary/aromatic N) is 1. The maximum absolute atomic E-state index is 13.9. The summed E-state index contributed by atoms with van der Waals surface area (Å²) in [7, 11) is 0. The van der Waals surface area contributed by atoms with E-state index in [0.29, 0.717) is 25.7 Å². The van der Waals surface area contributed by atoms with Crippen molar-refractivity contribution in [2.75, 3.05) is 6.61 Å². The van der Waals surface area contributed by atoms with Gasteiger partial charge in [0.2, 0.25) is 0 Å². The Hall–Kier alpha value is -2.60. The lowest BCUT2D eigenvalue weighted by molar-refractivity contribution is -0.166. The van der Waals surface area contributed by atoms with Crippen LogP contribution in [0.25, 0.3) is 10.9 Å². The highest BCUT2D eigenvalue weighted by molar-refractivity contribution is 5.97. The molecule has 1 atom stereocenters. The Balaban J connectivity index is 1.59. The Labute approximate surface area is 179 Å². The Kier molecular flexibility index (Phi) is 7.44. The van der Waals surface area contributed by atoms with E-state index >= 15 is 0 Å². The zero-order valence-corrected chi connectivity index (χ0v) is 16.6. The average Bonchev–Trinajstić information content (AvgIpc) is 2.72. The first-order valence-corrected chi connectivity index (χ1v) is 9.85. The summed E-state index contributed by atoms with van der Waals surface area (Å²) in [4.78, 5) is 16.5. The number of benzene rings is 1. The molecule has 1 aromatic carbocycles. The first-order valence-electron chi connectivity index (χ1n) is 9.85. The molecule has 32 heavy (non-hydrogen) atoms. The van der Waals surface area contributed by atoms with Gasteiger partial charge in [0, 0.05) is 29.7 Å². The van der Waals surface area contributed by atoms with Gasteiger partial charge in [0.05, 0.1) is 17.7 Å². The third-order valence-corrected chi connectivity index (χ3v) is 5.29. The molecule has 3 rings (SSSR count). The smallest absolute Gasteiger partial charge is 0.406 e. The number of hydrogen-bond acceptors (Lipinski definition) is 5. The van der Waals surface area contributed by atoms with E-state index in [-0.39, 0.29) is 22.5 Å². The number of carbonyl (C=O) groups is 1. The Bertz CT molecular complexity index is 948. The normalized spacial score (nSPS) is 20.4. The van der Waals surface area contributed by atoms with Gasteiger partial charge in [-0.2, -0.15) is 22.0 Å². The fourth-order valence-corrected chi connectivity index (χ4v) is 3.65. The number of carbonyl (C=O) groups excluding carboxylic acids is 1. The molecule has 1 aliphatic rings. The second-order valence-corrected chi connectivity index (χ2v) is 7.54. The minimum Gasteiger partial charge on any atom is -0.432 e. The van der Waals surface area contributed by atoms with Gasteiger partial charge >= 0.3 is 12.8 Å². The minimum absolute atomic E-state index is 0.122.